The second-order valence-electron chi connectivity index (χ2n) is 4.38. The van der Waals surface area contributed by atoms with Gasteiger partial charge in [-0.25, -0.2) is 0 Å². The lowest BCUT2D eigenvalue weighted by Gasteiger charge is -2.31. The molecule has 0 N–H and O–H groups in total. The highest BCUT2D eigenvalue weighted by molar-refractivity contribution is 6.18. The molecule has 0 aromatic rings. The number of ether oxygens (including phenoxy) is 1. The normalized spacial score (nSPS) is 21.8. The van der Waals surface area contributed by atoms with Crippen molar-refractivity contribution in [2.24, 2.45) is 5.92 Å². The third-order valence-electron chi connectivity index (χ3n) is 3.35. The van der Waals surface area contributed by atoms with Gasteiger partial charge < -0.3 is 4.74 Å². The van der Waals surface area contributed by atoms with Crippen molar-refractivity contribution in [2.75, 3.05) is 32.2 Å². The van der Waals surface area contributed by atoms with E-state index in [1.54, 1.807) is 0 Å². The van der Waals surface area contributed by atoms with Crippen molar-refractivity contribution < 1.29 is 4.74 Å². The summed E-state index contributed by atoms with van der Waals surface area (Å²) in [6.45, 7) is 8.60. The van der Waals surface area contributed by atoms with E-state index in [-0.39, 0.29) is 0 Å². The number of hydrogen-bond donors (Lipinski definition) is 0. The van der Waals surface area contributed by atoms with Gasteiger partial charge in [-0.15, -0.1) is 11.6 Å². The van der Waals surface area contributed by atoms with E-state index < -0.39 is 0 Å². The zero-order valence-electron chi connectivity index (χ0n) is 10.0. The standard InChI is InChI=1S/C12H24ClNO/c1-3-12(4-2)14(7-6-13)9-11-5-8-15-10-11/h11-12H,3-10H2,1-2H3. The summed E-state index contributed by atoms with van der Waals surface area (Å²) in [7, 11) is 0. The highest BCUT2D eigenvalue weighted by Gasteiger charge is 2.22. The largest absolute Gasteiger partial charge is 0.381 e. The van der Waals surface area contributed by atoms with Gasteiger partial charge in [0.2, 0.25) is 0 Å². The van der Waals surface area contributed by atoms with Crippen LogP contribution in [0.4, 0.5) is 0 Å². The van der Waals surface area contributed by atoms with Crippen molar-refractivity contribution in [3.63, 3.8) is 0 Å². The van der Waals surface area contributed by atoms with E-state index in [0.717, 1.165) is 31.6 Å². The maximum Gasteiger partial charge on any atom is 0.0507 e. The first kappa shape index (κ1) is 13.3. The van der Waals surface area contributed by atoms with Gasteiger partial charge in [0.1, 0.15) is 0 Å². The summed E-state index contributed by atoms with van der Waals surface area (Å²) in [6, 6.07) is 0.698. The highest BCUT2D eigenvalue weighted by Crippen LogP contribution is 2.17. The molecule has 1 rings (SSSR count). The number of alkyl halides is 1. The molecule has 0 bridgehead atoms. The Kier molecular flexibility index (Phi) is 6.62. The first-order chi connectivity index (χ1) is 7.31. The fraction of sp³-hybridized carbons (Fsp3) is 1.00. The average Bonchev–Trinajstić information content (AvgIpc) is 2.72. The smallest absolute Gasteiger partial charge is 0.0507 e. The average molecular weight is 234 g/mol. The van der Waals surface area contributed by atoms with E-state index in [4.69, 9.17) is 16.3 Å². The minimum atomic E-state index is 0.698. The van der Waals surface area contributed by atoms with Gasteiger partial charge in [-0.2, -0.15) is 0 Å². The summed E-state index contributed by atoms with van der Waals surface area (Å²) in [5.41, 5.74) is 0. The lowest BCUT2D eigenvalue weighted by Crippen LogP contribution is -2.39. The third kappa shape index (κ3) is 4.29. The van der Waals surface area contributed by atoms with E-state index >= 15 is 0 Å². The molecule has 15 heavy (non-hydrogen) atoms. The fourth-order valence-corrected chi connectivity index (χ4v) is 2.61. The van der Waals surface area contributed by atoms with E-state index in [0.29, 0.717) is 6.04 Å². The lowest BCUT2D eigenvalue weighted by molar-refractivity contribution is 0.143. The molecule has 90 valence electrons. The van der Waals surface area contributed by atoms with Crippen LogP contribution in [0.5, 0.6) is 0 Å². The predicted octanol–water partition coefficient (Wildman–Crippen LogP) is 2.75. The van der Waals surface area contributed by atoms with Gasteiger partial charge in [-0.05, 0) is 25.2 Å². The minimum Gasteiger partial charge on any atom is -0.381 e. The van der Waals surface area contributed by atoms with Gasteiger partial charge in [0.05, 0.1) is 6.61 Å². The molecule has 0 radical (unpaired) electrons. The molecule has 0 amide bonds. The molecule has 1 heterocycles. The van der Waals surface area contributed by atoms with Crippen LogP contribution < -0.4 is 0 Å². The van der Waals surface area contributed by atoms with Crippen LogP contribution in [0.25, 0.3) is 0 Å². The van der Waals surface area contributed by atoms with Gasteiger partial charge in [0.15, 0.2) is 0 Å². The van der Waals surface area contributed by atoms with Gasteiger partial charge in [-0.1, -0.05) is 13.8 Å². The van der Waals surface area contributed by atoms with E-state index in [1.165, 1.54) is 25.8 Å². The van der Waals surface area contributed by atoms with Crippen LogP contribution in [-0.4, -0.2) is 43.1 Å². The van der Waals surface area contributed by atoms with E-state index in [1.807, 2.05) is 0 Å². The fourth-order valence-electron chi connectivity index (χ4n) is 2.40. The van der Waals surface area contributed by atoms with Crippen molar-refractivity contribution >= 4 is 11.6 Å². The summed E-state index contributed by atoms with van der Waals surface area (Å²) >= 11 is 5.87. The van der Waals surface area contributed by atoms with Crippen molar-refractivity contribution in [3.8, 4) is 0 Å². The summed E-state index contributed by atoms with van der Waals surface area (Å²) in [5, 5.41) is 0. The molecule has 1 saturated heterocycles. The van der Waals surface area contributed by atoms with E-state index in [2.05, 4.69) is 18.7 Å². The van der Waals surface area contributed by atoms with Gasteiger partial charge in [0, 0.05) is 31.6 Å². The first-order valence-corrected chi connectivity index (χ1v) is 6.73. The summed E-state index contributed by atoms with van der Waals surface area (Å²) < 4.78 is 5.42. The number of hydrogen-bond acceptors (Lipinski definition) is 2. The van der Waals surface area contributed by atoms with Crippen LogP contribution in [0.15, 0.2) is 0 Å². The minimum absolute atomic E-state index is 0.698. The lowest BCUT2D eigenvalue weighted by atomic mass is 10.1. The molecule has 1 aliphatic heterocycles. The summed E-state index contributed by atoms with van der Waals surface area (Å²) in [4.78, 5) is 2.55. The topological polar surface area (TPSA) is 12.5 Å². The molecular weight excluding hydrogens is 210 g/mol. The van der Waals surface area contributed by atoms with Gasteiger partial charge in [-0.3, -0.25) is 4.90 Å². The Hall–Kier alpha value is 0.210. The van der Waals surface area contributed by atoms with Crippen molar-refractivity contribution in [1.29, 1.82) is 0 Å². The molecule has 0 aromatic heterocycles. The number of rotatable bonds is 7. The van der Waals surface area contributed by atoms with Crippen molar-refractivity contribution in [2.45, 2.75) is 39.2 Å². The maximum atomic E-state index is 5.87. The molecular formula is C12H24ClNO. The molecule has 1 unspecified atom stereocenters. The first-order valence-electron chi connectivity index (χ1n) is 6.19. The second kappa shape index (κ2) is 7.48. The molecule has 0 aromatic carbocycles. The van der Waals surface area contributed by atoms with Crippen LogP contribution in [0.3, 0.4) is 0 Å². The second-order valence-corrected chi connectivity index (χ2v) is 4.76. The molecule has 1 atom stereocenters. The van der Waals surface area contributed by atoms with Crippen molar-refractivity contribution in [3.05, 3.63) is 0 Å². The molecule has 0 spiro atoms. The molecule has 0 saturated carbocycles. The third-order valence-corrected chi connectivity index (χ3v) is 3.52. The monoisotopic (exact) mass is 233 g/mol. The zero-order chi connectivity index (χ0) is 11.1. The van der Waals surface area contributed by atoms with Crippen LogP contribution in [0.2, 0.25) is 0 Å². The molecule has 1 aliphatic rings. The Morgan fingerprint density at radius 2 is 2.13 bits per heavy atom. The molecule has 3 heteroatoms. The number of halogens is 1. The zero-order valence-corrected chi connectivity index (χ0v) is 10.8. The molecule has 2 nitrogen and oxygen atoms in total. The Morgan fingerprint density at radius 3 is 2.60 bits per heavy atom. The van der Waals surface area contributed by atoms with Crippen LogP contribution in [0.1, 0.15) is 33.1 Å². The SMILES string of the molecule is CCC(CC)N(CCCl)CC1CCOC1. The molecule has 0 aliphatic carbocycles. The Bertz CT molecular complexity index is 156. The summed E-state index contributed by atoms with van der Waals surface area (Å²) in [6.07, 6.45) is 3.67. The van der Waals surface area contributed by atoms with Crippen LogP contribution in [-0.2, 0) is 4.74 Å². The number of nitrogens with zero attached hydrogens (tertiary/aromatic N) is 1. The highest BCUT2D eigenvalue weighted by atomic mass is 35.5. The summed E-state index contributed by atoms with van der Waals surface area (Å²) in [5.74, 6) is 1.47. The molecule has 1 fully saturated rings. The quantitative estimate of drug-likeness (QED) is 0.627. The van der Waals surface area contributed by atoms with Crippen molar-refractivity contribution in [1.82, 2.24) is 4.90 Å². The van der Waals surface area contributed by atoms with Crippen LogP contribution >= 0.6 is 11.6 Å². The van der Waals surface area contributed by atoms with Crippen LogP contribution in [0, 0.1) is 5.92 Å². The van der Waals surface area contributed by atoms with Gasteiger partial charge in [0.25, 0.3) is 0 Å². The Labute approximate surface area is 98.9 Å². The Balaban J connectivity index is 2.40. The predicted molar refractivity (Wildman–Crippen MR) is 65.6 cm³/mol. The van der Waals surface area contributed by atoms with E-state index in [9.17, 15) is 0 Å². The Morgan fingerprint density at radius 1 is 1.40 bits per heavy atom. The maximum absolute atomic E-state index is 5.87. The van der Waals surface area contributed by atoms with Gasteiger partial charge >= 0.3 is 0 Å².